The molecule has 8 heteroatoms. The van der Waals surface area contributed by atoms with Crippen molar-refractivity contribution in [3.8, 4) is 11.5 Å². The minimum absolute atomic E-state index is 0.0360. The van der Waals surface area contributed by atoms with E-state index in [1.807, 2.05) is 31.2 Å². The van der Waals surface area contributed by atoms with E-state index in [0.717, 1.165) is 22.6 Å². The van der Waals surface area contributed by atoms with Crippen molar-refractivity contribution in [2.75, 3.05) is 26.4 Å². The summed E-state index contributed by atoms with van der Waals surface area (Å²) in [6, 6.07) is 12.3. The molecule has 0 saturated carbocycles. The van der Waals surface area contributed by atoms with Crippen LogP contribution in [-0.4, -0.2) is 26.4 Å². The van der Waals surface area contributed by atoms with Crippen LogP contribution in [0.4, 0.5) is 0 Å². The van der Waals surface area contributed by atoms with Gasteiger partial charge in [-0.3, -0.25) is 0 Å². The van der Waals surface area contributed by atoms with Crippen LogP contribution in [0.5, 0.6) is 11.5 Å². The molecule has 2 aromatic carbocycles. The van der Waals surface area contributed by atoms with Gasteiger partial charge in [0.1, 0.15) is 11.5 Å². The first-order chi connectivity index (χ1) is 15.1. The molecule has 32 heavy (non-hydrogen) atoms. The Bertz CT molecular complexity index is 940. The molecule has 0 atom stereocenters. The van der Waals surface area contributed by atoms with Crippen LogP contribution in [0.25, 0.3) is 0 Å². The first kappa shape index (κ1) is 23.9. The second kappa shape index (κ2) is 9.54. The number of hydrogen-bond donors (Lipinski definition) is 0. The second-order valence-corrected chi connectivity index (χ2v) is 12.0. The minimum atomic E-state index is -1.47. The topological polar surface area (TPSA) is 55.4 Å². The third-order valence-electron chi connectivity index (χ3n) is 5.52. The first-order valence-electron chi connectivity index (χ1n) is 10.8. The summed E-state index contributed by atoms with van der Waals surface area (Å²) in [5.41, 5.74) is 4.24. The summed E-state index contributed by atoms with van der Waals surface area (Å²) in [4.78, 5) is 0. The fourth-order valence-electron chi connectivity index (χ4n) is 3.56. The molecule has 2 fully saturated rings. The maximum absolute atomic E-state index is 6.14. The van der Waals surface area contributed by atoms with E-state index in [0.29, 0.717) is 26.4 Å². The van der Waals surface area contributed by atoms with Gasteiger partial charge in [0.25, 0.3) is 0 Å². The van der Waals surface area contributed by atoms with Crippen LogP contribution >= 0.6 is 17.2 Å². The Morgan fingerprint density at radius 2 is 1.19 bits per heavy atom. The van der Waals surface area contributed by atoms with Gasteiger partial charge in [0.2, 0.25) is 0 Å². The maximum atomic E-state index is 6.14. The largest absolute Gasteiger partial charge is 0.426 e. The van der Waals surface area contributed by atoms with Crippen molar-refractivity contribution < 1.29 is 27.1 Å². The van der Waals surface area contributed by atoms with Crippen molar-refractivity contribution >= 4 is 17.2 Å². The van der Waals surface area contributed by atoms with Gasteiger partial charge in [0, 0.05) is 5.56 Å². The third-order valence-corrected chi connectivity index (χ3v) is 7.58. The second-order valence-electron chi connectivity index (χ2n) is 9.74. The van der Waals surface area contributed by atoms with Gasteiger partial charge >= 0.3 is 17.2 Å². The lowest BCUT2D eigenvalue weighted by Gasteiger charge is -2.41. The van der Waals surface area contributed by atoms with Crippen molar-refractivity contribution in [1.29, 1.82) is 0 Å². The van der Waals surface area contributed by atoms with Crippen molar-refractivity contribution in [2.24, 2.45) is 5.41 Å². The van der Waals surface area contributed by atoms with E-state index >= 15 is 0 Å². The highest BCUT2D eigenvalue weighted by molar-refractivity contribution is 7.42. The van der Waals surface area contributed by atoms with E-state index in [9.17, 15) is 0 Å². The van der Waals surface area contributed by atoms with Crippen LogP contribution in [0, 0.1) is 26.2 Å². The average molecular weight is 478 g/mol. The molecule has 0 N–H and O–H groups in total. The molecule has 2 aromatic rings. The molecule has 2 aliphatic rings. The normalized spacial score (nSPS) is 26.2. The van der Waals surface area contributed by atoms with Gasteiger partial charge < -0.3 is 27.1 Å². The van der Waals surface area contributed by atoms with E-state index in [1.54, 1.807) is 0 Å². The molecule has 0 radical (unpaired) electrons. The Kier molecular flexibility index (Phi) is 7.12. The van der Waals surface area contributed by atoms with Gasteiger partial charge in [-0.05, 0) is 43.9 Å². The van der Waals surface area contributed by atoms with E-state index in [2.05, 4.69) is 46.8 Å². The van der Waals surface area contributed by atoms with Crippen molar-refractivity contribution in [2.45, 2.75) is 47.0 Å². The fraction of sp³-hybridized carbons (Fsp3) is 0.500. The standard InChI is InChI=1S/C24H32O6P2/c1-17-7-9-21(19(3)11-17)29-31-25-13-24(14-26-31)15-27-32(28-16-24)30-22-10-8-18(2)12-20(22)23(4,5)6/h7-12H,13-16H2,1-6H3. The molecular weight excluding hydrogens is 446 g/mol. The van der Waals surface area contributed by atoms with Gasteiger partial charge in [0.15, 0.2) is 0 Å². The molecule has 6 nitrogen and oxygen atoms in total. The number of benzene rings is 2. The molecule has 0 amide bonds. The molecule has 0 aromatic heterocycles. The van der Waals surface area contributed by atoms with Crippen LogP contribution in [0.3, 0.4) is 0 Å². The molecular formula is C24H32O6P2. The summed E-state index contributed by atoms with van der Waals surface area (Å²) >= 11 is 0. The van der Waals surface area contributed by atoms with Gasteiger partial charge in [-0.15, -0.1) is 0 Å². The van der Waals surface area contributed by atoms with Crippen LogP contribution in [0.15, 0.2) is 36.4 Å². The Morgan fingerprint density at radius 1 is 0.719 bits per heavy atom. The molecule has 0 unspecified atom stereocenters. The molecule has 0 aliphatic carbocycles. The summed E-state index contributed by atoms with van der Waals surface area (Å²) in [6.45, 7) is 14.5. The highest BCUT2D eigenvalue weighted by Gasteiger charge is 2.45. The smallest absolute Gasteiger partial charge is 0.397 e. The fourth-order valence-corrected chi connectivity index (χ4v) is 6.12. The molecule has 174 valence electrons. The summed E-state index contributed by atoms with van der Waals surface area (Å²) < 4.78 is 35.9. The number of hydrogen-bond acceptors (Lipinski definition) is 6. The monoisotopic (exact) mass is 478 g/mol. The quantitative estimate of drug-likeness (QED) is 0.446. The summed E-state index contributed by atoms with van der Waals surface area (Å²) in [6.07, 6.45) is 0. The molecule has 2 saturated heterocycles. The molecule has 0 bridgehead atoms. The third kappa shape index (κ3) is 5.62. The Hall–Kier alpha value is -1.26. The number of rotatable bonds is 4. The molecule has 4 rings (SSSR count). The van der Waals surface area contributed by atoms with Gasteiger partial charge in [0.05, 0.1) is 31.8 Å². The van der Waals surface area contributed by atoms with Crippen LogP contribution in [0.1, 0.15) is 43.0 Å². The average Bonchev–Trinajstić information content (AvgIpc) is 2.74. The lowest BCUT2D eigenvalue weighted by molar-refractivity contribution is -0.0673. The van der Waals surface area contributed by atoms with E-state index in [-0.39, 0.29) is 10.8 Å². The zero-order valence-electron chi connectivity index (χ0n) is 19.6. The Morgan fingerprint density at radius 3 is 1.69 bits per heavy atom. The lowest BCUT2D eigenvalue weighted by Crippen LogP contribution is -2.45. The van der Waals surface area contributed by atoms with Crippen molar-refractivity contribution in [3.05, 3.63) is 58.7 Å². The van der Waals surface area contributed by atoms with Crippen LogP contribution in [0.2, 0.25) is 0 Å². The van der Waals surface area contributed by atoms with Crippen molar-refractivity contribution in [3.63, 3.8) is 0 Å². The highest BCUT2D eigenvalue weighted by atomic mass is 31.2. The minimum Gasteiger partial charge on any atom is -0.426 e. The molecule has 1 spiro atoms. The van der Waals surface area contributed by atoms with Gasteiger partial charge in [-0.2, -0.15) is 0 Å². The first-order valence-corrected chi connectivity index (χ1v) is 13.0. The van der Waals surface area contributed by atoms with Crippen molar-refractivity contribution in [1.82, 2.24) is 0 Å². The Labute approximate surface area is 193 Å². The predicted molar refractivity (Wildman–Crippen MR) is 127 cm³/mol. The molecule has 2 aliphatic heterocycles. The van der Waals surface area contributed by atoms with Crippen LogP contribution in [-0.2, 0) is 23.5 Å². The summed E-state index contributed by atoms with van der Waals surface area (Å²) in [7, 11) is -2.90. The van der Waals surface area contributed by atoms with Crippen LogP contribution < -0.4 is 9.05 Å². The lowest BCUT2D eigenvalue weighted by atomic mass is 9.85. The summed E-state index contributed by atoms with van der Waals surface area (Å²) in [5, 5.41) is 0. The number of aryl methyl sites for hydroxylation is 3. The zero-order valence-corrected chi connectivity index (χ0v) is 21.4. The Balaban J connectivity index is 1.31. The van der Waals surface area contributed by atoms with E-state index in [4.69, 9.17) is 27.1 Å². The maximum Gasteiger partial charge on any atom is 0.397 e. The molecule has 2 heterocycles. The SMILES string of the molecule is Cc1ccc(OP2OCC3(CO2)COP(Oc2ccc(C)cc2C(C)(C)C)OC3)c(C)c1. The summed E-state index contributed by atoms with van der Waals surface area (Å²) in [5.74, 6) is 1.60. The highest BCUT2D eigenvalue weighted by Crippen LogP contribution is 2.53. The van der Waals surface area contributed by atoms with Gasteiger partial charge in [-0.25, -0.2) is 0 Å². The zero-order chi connectivity index (χ0) is 22.9. The predicted octanol–water partition coefficient (Wildman–Crippen LogP) is 6.90. The van der Waals surface area contributed by atoms with Gasteiger partial charge in [-0.1, -0.05) is 56.2 Å². The van der Waals surface area contributed by atoms with E-state index < -0.39 is 17.2 Å². The van der Waals surface area contributed by atoms with E-state index in [1.165, 1.54) is 11.1 Å².